The van der Waals surface area contributed by atoms with Crippen molar-refractivity contribution in [1.29, 1.82) is 0 Å². The van der Waals surface area contributed by atoms with Crippen molar-refractivity contribution in [2.45, 2.75) is 19.9 Å². The molecule has 0 saturated carbocycles. The fourth-order valence-corrected chi connectivity index (χ4v) is 4.91. The Morgan fingerprint density at radius 3 is 2.28 bits per heavy atom. The fourth-order valence-electron chi connectivity index (χ4n) is 3.99. The highest BCUT2D eigenvalue weighted by Crippen LogP contribution is 2.28. The zero-order valence-electron chi connectivity index (χ0n) is 23.2. The largest absolute Gasteiger partial charge is 0.495 e. The number of rotatable bonds is 14. The van der Waals surface area contributed by atoms with Gasteiger partial charge in [-0.1, -0.05) is 18.2 Å². The number of amides is 3. The van der Waals surface area contributed by atoms with Crippen LogP contribution in [-0.2, 0) is 22.5 Å². The number of benzene rings is 2. The first kappa shape index (κ1) is 29.8. The van der Waals surface area contributed by atoms with Gasteiger partial charge < -0.3 is 34.1 Å². The average Bonchev–Trinajstić information content (AvgIpc) is 3.36. The number of aryl methyl sites for hydroxylation is 1. The number of nitrogens with one attached hydrogen (secondary N) is 1. The zero-order valence-corrected chi connectivity index (χ0v) is 24.0. The minimum atomic E-state index is -0.406. The van der Waals surface area contributed by atoms with Gasteiger partial charge in [0, 0.05) is 25.1 Å². The van der Waals surface area contributed by atoms with Crippen LogP contribution in [-0.4, -0.2) is 76.4 Å². The standard InChI is InChI=1S/C29H37N3O6S/c1-21-13-17-39-27(21)19-31(14-12-22-10-11-25(37-4)26(18-22)38-5)28(33)20-32(15-16-35-2)29(34)30-23-8-6-7-9-24(23)36-3/h6-11,13,17-18H,12,14-16,19-20H2,1-5H3,(H,30,34). The van der Waals surface area contributed by atoms with E-state index in [-0.39, 0.29) is 19.0 Å². The monoisotopic (exact) mass is 555 g/mol. The highest BCUT2D eigenvalue weighted by Gasteiger charge is 2.23. The lowest BCUT2D eigenvalue weighted by Gasteiger charge is -2.28. The topological polar surface area (TPSA) is 89.6 Å². The predicted octanol–water partition coefficient (Wildman–Crippen LogP) is 4.83. The van der Waals surface area contributed by atoms with Gasteiger partial charge in [-0.05, 0) is 60.2 Å². The van der Waals surface area contributed by atoms with Gasteiger partial charge in [-0.15, -0.1) is 11.3 Å². The summed E-state index contributed by atoms with van der Waals surface area (Å²) in [5, 5.41) is 4.88. The summed E-state index contributed by atoms with van der Waals surface area (Å²) in [6.07, 6.45) is 0.613. The number of hydrogen-bond acceptors (Lipinski definition) is 7. The summed E-state index contributed by atoms with van der Waals surface area (Å²) in [4.78, 5) is 31.3. The number of urea groups is 1. The van der Waals surface area contributed by atoms with Crippen LogP contribution >= 0.6 is 11.3 Å². The van der Waals surface area contributed by atoms with E-state index in [2.05, 4.69) is 5.32 Å². The van der Waals surface area contributed by atoms with Gasteiger partial charge in [0.2, 0.25) is 5.91 Å². The number of para-hydroxylation sites is 2. The van der Waals surface area contributed by atoms with E-state index in [4.69, 9.17) is 18.9 Å². The van der Waals surface area contributed by atoms with Crippen LogP contribution < -0.4 is 19.5 Å². The minimum absolute atomic E-state index is 0.0965. The third-order valence-corrected chi connectivity index (χ3v) is 7.31. The van der Waals surface area contributed by atoms with Crippen LogP contribution in [0.25, 0.3) is 0 Å². The Labute approximate surface area is 234 Å². The Kier molecular flexibility index (Phi) is 11.4. The maximum Gasteiger partial charge on any atom is 0.322 e. The van der Waals surface area contributed by atoms with Crippen molar-refractivity contribution in [3.63, 3.8) is 0 Å². The Hall–Kier alpha value is -3.76. The lowest BCUT2D eigenvalue weighted by Crippen LogP contribution is -2.46. The molecule has 2 aromatic carbocycles. The van der Waals surface area contributed by atoms with Crippen LogP contribution in [0, 0.1) is 6.92 Å². The first-order chi connectivity index (χ1) is 18.9. The summed E-state index contributed by atoms with van der Waals surface area (Å²) < 4.78 is 21.3. The molecule has 0 spiro atoms. The number of anilines is 1. The second kappa shape index (κ2) is 15.0. The van der Waals surface area contributed by atoms with Gasteiger partial charge in [-0.3, -0.25) is 4.79 Å². The Bertz CT molecular complexity index is 1230. The SMILES string of the molecule is COCCN(CC(=O)N(CCc1ccc(OC)c(OC)c1)Cc1sccc1C)C(=O)Nc1ccccc1OC. The normalized spacial score (nSPS) is 10.6. The average molecular weight is 556 g/mol. The maximum atomic E-state index is 13.7. The van der Waals surface area contributed by atoms with Gasteiger partial charge >= 0.3 is 6.03 Å². The number of thiophene rings is 1. The molecule has 0 atom stereocenters. The molecule has 3 aromatic rings. The Morgan fingerprint density at radius 2 is 1.62 bits per heavy atom. The van der Waals surface area contributed by atoms with Crippen LogP contribution in [0.5, 0.6) is 17.2 Å². The molecule has 210 valence electrons. The number of carbonyl (C=O) groups is 2. The molecular formula is C29H37N3O6S. The molecule has 0 aliphatic heterocycles. The predicted molar refractivity (Wildman–Crippen MR) is 153 cm³/mol. The molecule has 3 amide bonds. The molecule has 0 aliphatic carbocycles. The number of hydrogen-bond donors (Lipinski definition) is 1. The van der Waals surface area contributed by atoms with Gasteiger partial charge in [0.05, 0.1) is 40.2 Å². The Balaban J connectivity index is 1.78. The van der Waals surface area contributed by atoms with E-state index in [0.29, 0.717) is 49.1 Å². The number of nitrogens with zero attached hydrogens (tertiary/aromatic N) is 2. The summed E-state index contributed by atoms with van der Waals surface area (Å²) in [5.41, 5.74) is 2.67. The molecule has 0 aliphatic rings. The van der Waals surface area contributed by atoms with Crippen molar-refractivity contribution in [1.82, 2.24) is 9.80 Å². The molecule has 0 radical (unpaired) electrons. The molecule has 0 bridgehead atoms. The molecule has 0 saturated heterocycles. The van der Waals surface area contributed by atoms with Gasteiger partial charge in [0.1, 0.15) is 12.3 Å². The van der Waals surface area contributed by atoms with Crippen molar-refractivity contribution in [3.8, 4) is 17.2 Å². The van der Waals surface area contributed by atoms with E-state index in [1.807, 2.05) is 48.7 Å². The van der Waals surface area contributed by atoms with Crippen molar-refractivity contribution in [2.24, 2.45) is 0 Å². The highest BCUT2D eigenvalue weighted by atomic mass is 32.1. The molecule has 0 fully saturated rings. The quantitative estimate of drug-likeness (QED) is 0.306. The smallest absolute Gasteiger partial charge is 0.322 e. The molecule has 1 aromatic heterocycles. The lowest BCUT2D eigenvalue weighted by atomic mass is 10.1. The van der Waals surface area contributed by atoms with Gasteiger partial charge in [-0.25, -0.2) is 4.79 Å². The van der Waals surface area contributed by atoms with Crippen LogP contribution in [0.15, 0.2) is 53.9 Å². The molecule has 3 rings (SSSR count). The van der Waals surface area contributed by atoms with Crippen LogP contribution in [0.1, 0.15) is 16.0 Å². The molecule has 10 heteroatoms. The molecule has 0 unspecified atom stereocenters. The van der Waals surface area contributed by atoms with Gasteiger partial charge in [0.25, 0.3) is 0 Å². The van der Waals surface area contributed by atoms with E-state index < -0.39 is 6.03 Å². The van der Waals surface area contributed by atoms with Crippen molar-refractivity contribution < 1.29 is 28.5 Å². The second-order valence-corrected chi connectivity index (χ2v) is 9.83. The fraction of sp³-hybridized carbons (Fsp3) is 0.379. The Morgan fingerprint density at radius 1 is 0.872 bits per heavy atom. The summed E-state index contributed by atoms with van der Waals surface area (Å²) in [6, 6.07) is 14.5. The summed E-state index contributed by atoms with van der Waals surface area (Å²) in [6.45, 7) is 3.42. The number of ether oxygens (including phenoxy) is 4. The van der Waals surface area contributed by atoms with E-state index in [0.717, 1.165) is 16.0 Å². The van der Waals surface area contributed by atoms with E-state index >= 15 is 0 Å². The first-order valence-corrected chi connectivity index (χ1v) is 13.5. The molecule has 39 heavy (non-hydrogen) atoms. The second-order valence-electron chi connectivity index (χ2n) is 8.83. The summed E-state index contributed by atoms with van der Waals surface area (Å²) >= 11 is 1.62. The van der Waals surface area contributed by atoms with E-state index in [9.17, 15) is 9.59 Å². The van der Waals surface area contributed by atoms with E-state index in [1.165, 1.54) is 4.90 Å². The van der Waals surface area contributed by atoms with Crippen LogP contribution in [0.3, 0.4) is 0 Å². The molecule has 1 heterocycles. The first-order valence-electron chi connectivity index (χ1n) is 12.6. The third-order valence-electron chi connectivity index (χ3n) is 6.30. The maximum absolute atomic E-state index is 13.7. The molecule has 1 N–H and O–H groups in total. The molecular weight excluding hydrogens is 518 g/mol. The zero-order chi connectivity index (χ0) is 28.2. The summed E-state index contributed by atoms with van der Waals surface area (Å²) in [5.74, 6) is 1.67. The number of carbonyl (C=O) groups excluding carboxylic acids is 2. The van der Waals surface area contributed by atoms with Crippen molar-refractivity contribution >= 4 is 29.0 Å². The summed E-state index contributed by atoms with van der Waals surface area (Å²) in [7, 11) is 6.30. The van der Waals surface area contributed by atoms with Crippen LogP contribution in [0.4, 0.5) is 10.5 Å². The van der Waals surface area contributed by atoms with E-state index in [1.54, 1.807) is 56.8 Å². The molecule has 9 nitrogen and oxygen atoms in total. The highest BCUT2D eigenvalue weighted by molar-refractivity contribution is 7.10. The lowest BCUT2D eigenvalue weighted by molar-refractivity contribution is -0.132. The van der Waals surface area contributed by atoms with Gasteiger partial charge in [-0.2, -0.15) is 0 Å². The van der Waals surface area contributed by atoms with Crippen LogP contribution in [0.2, 0.25) is 0 Å². The van der Waals surface area contributed by atoms with Gasteiger partial charge in [0.15, 0.2) is 11.5 Å². The van der Waals surface area contributed by atoms with Crippen molar-refractivity contribution in [3.05, 3.63) is 69.9 Å². The number of methoxy groups -OCH3 is 4. The minimum Gasteiger partial charge on any atom is -0.495 e. The van der Waals surface area contributed by atoms with Crippen molar-refractivity contribution in [2.75, 3.05) is 60.0 Å². The third kappa shape index (κ3) is 8.36.